The van der Waals surface area contributed by atoms with Crippen LogP contribution in [0.3, 0.4) is 0 Å². The van der Waals surface area contributed by atoms with Gasteiger partial charge in [-0.2, -0.15) is 0 Å². The second-order valence-corrected chi connectivity index (χ2v) is 14.1. The van der Waals surface area contributed by atoms with Crippen LogP contribution < -0.4 is 10.5 Å². The van der Waals surface area contributed by atoms with Crippen molar-refractivity contribution in [3.63, 3.8) is 0 Å². The molecule has 19 heteroatoms. The molecule has 0 spiro atoms. The fourth-order valence-electron chi connectivity index (χ4n) is 5.09. The summed E-state index contributed by atoms with van der Waals surface area (Å²) >= 11 is 12.2. The maximum absolute atomic E-state index is 13.1. The van der Waals surface area contributed by atoms with Crippen molar-refractivity contribution >= 4 is 62.9 Å². The van der Waals surface area contributed by atoms with E-state index in [1.165, 1.54) is 23.3 Å². The summed E-state index contributed by atoms with van der Waals surface area (Å²) in [5, 5.41) is 19.6. The molecule has 1 saturated heterocycles. The van der Waals surface area contributed by atoms with Gasteiger partial charge in [0.15, 0.2) is 0 Å². The van der Waals surface area contributed by atoms with Gasteiger partial charge in [0.25, 0.3) is 0 Å². The molecule has 2 heterocycles. The topological polar surface area (TPSA) is 223 Å². The largest absolute Gasteiger partial charge is 0.467 e. The molecule has 16 nitrogen and oxygen atoms in total. The third-order valence-electron chi connectivity index (χ3n) is 7.61. The van der Waals surface area contributed by atoms with Crippen molar-refractivity contribution < 1.29 is 60.8 Å². The van der Waals surface area contributed by atoms with Crippen LogP contribution in [0.2, 0.25) is 10.0 Å². The van der Waals surface area contributed by atoms with E-state index in [0.717, 1.165) is 6.07 Å². The van der Waals surface area contributed by atoms with Crippen molar-refractivity contribution in [3.05, 3.63) is 81.7 Å². The highest BCUT2D eigenvalue weighted by Gasteiger charge is 2.53. The fourth-order valence-corrected chi connectivity index (χ4v) is 6.38. The first-order valence-electron chi connectivity index (χ1n) is 15.2. The van der Waals surface area contributed by atoms with Gasteiger partial charge in [-0.05, 0) is 57.2 Å². The number of morpholine rings is 1. The zero-order chi connectivity index (χ0) is 37.6. The van der Waals surface area contributed by atoms with Crippen LogP contribution >= 0.6 is 23.2 Å². The van der Waals surface area contributed by atoms with E-state index >= 15 is 0 Å². The Bertz CT molecular complexity index is 1870. The SMILES string of the molecule is C[C@@H]1N(C(=O)OCOC(=O)C(=O)OCCCOC(=O)c2cc(S(N)(=O)=O)c(Cl)cc2NCc2ccco2)C(C)(C)CO[C@@]1(O)c1cccc(Cl)c1. The van der Waals surface area contributed by atoms with Crippen molar-refractivity contribution in [1.82, 2.24) is 4.90 Å². The minimum Gasteiger partial charge on any atom is -0.467 e. The molecule has 1 fully saturated rings. The van der Waals surface area contributed by atoms with E-state index < -0.39 is 63.1 Å². The van der Waals surface area contributed by atoms with Gasteiger partial charge in [-0.15, -0.1) is 0 Å². The molecule has 0 radical (unpaired) electrons. The van der Waals surface area contributed by atoms with E-state index in [4.69, 9.17) is 56.4 Å². The molecule has 0 aliphatic carbocycles. The van der Waals surface area contributed by atoms with E-state index in [9.17, 15) is 32.7 Å². The smallest absolute Gasteiger partial charge is 0.420 e. The molecule has 1 aliphatic heterocycles. The summed E-state index contributed by atoms with van der Waals surface area (Å²) in [5.41, 5.74) is -0.714. The first-order chi connectivity index (χ1) is 23.9. The molecule has 2 atom stereocenters. The number of hydrogen-bond donors (Lipinski definition) is 3. The van der Waals surface area contributed by atoms with E-state index in [2.05, 4.69) is 5.32 Å². The third kappa shape index (κ3) is 9.69. The zero-order valence-electron chi connectivity index (χ0n) is 27.6. The van der Waals surface area contributed by atoms with Crippen molar-refractivity contribution in [3.8, 4) is 0 Å². The number of esters is 3. The second-order valence-electron chi connectivity index (χ2n) is 11.7. The Labute approximate surface area is 302 Å². The normalized spacial score (nSPS) is 18.4. The lowest BCUT2D eigenvalue weighted by atomic mass is 9.90. The van der Waals surface area contributed by atoms with Crippen LogP contribution in [-0.2, 0) is 55.6 Å². The van der Waals surface area contributed by atoms with Crippen molar-refractivity contribution in [2.45, 2.75) is 56.0 Å². The quantitative estimate of drug-likeness (QED) is 0.0781. The standard InChI is InChI=1S/C32H35Cl2N3O13S/c1-19-32(42,20-7-4-8-21(33)13-20)50-17-31(2,3)37(19)30(41)49-18-48-29(40)28(39)47-12-6-11-46-27(38)23-14-26(51(35,43)44)24(34)15-25(23)36-16-22-9-5-10-45-22/h4-5,7-10,13-15,19,36,42H,6,11-12,16-18H2,1-3H3,(H2,35,43,44)/t19-,32+/m0/s1. The lowest BCUT2D eigenvalue weighted by molar-refractivity contribution is -0.295. The summed E-state index contributed by atoms with van der Waals surface area (Å²) in [6.45, 7) is 3.31. The Hall–Kier alpha value is -4.39. The first-order valence-corrected chi connectivity index (χ1v) is 17.5. The van der Waals surface area contributed by atoms with Crippen LogP contribution in [0.15, 0.2) is 64.1 Å². The van der Waals surface area contributed by atoms with Crippen LogP contribution in [0.25, 0.3) is 0 Å². The summed E-state index contributed by atoms with van der Waals surface area (Å²) in [5.74, 6) is -5.25. The molecule has 1 aliphatic rings. The van der Waals surface area contributed by atoms with Gasteiger partial charge in [0, 0.05) is 17.0 Å². The number of sulfonamides is 1. The predicted molar refractivity (Wildman–Crippen MR) is 179 cm³/mol. The van der Waals surface area contributed by atoms with Crippen LogP contribution in [-0.4, -0.2) is 80.6 Å². The highest BCUT2D eigenvalue weighted by molar-refractivity contribution is 7.89. The maximum Gasteiger partial charge on any atom is 0.420 e. The van der Waals surface area contributed by atoms with Gasteiger partial charge in [0.1, 0.15) is 10.7 Å². The number of primary sulfonamides is 1. The Balaban J connectivity index is 1.24. The van der Waals surface area contributed by atoms with E-state index in [1.807, 2.05) is 0 Å². The minimum atomic E-state index is -4.29. The Morgan fingerprint density at radius 1 is 1.02 bits per heavy atom. The lowest BCUT2D eigenvalue weighted by Crippen LogP contribution is -2.66. The van der Waals surface area contributed by atoms with Gasteiger partial charge in [-0.1, -0.05) is 35.3 Å². The van der Waals surface area contributed by atoms with Gasteiger partial charge < -0.3 is 38.5 Å². The molecule has 276 valence electrons. The molecule has 51 heavy (non-hydrogen) atoms. The number of amides is 1. The average Bonchev–Trinajstić information content (AvgIpc) is 3.58. The molecule has 1 aromatic heterocycles. The van der Waals surface area contributed by atoms with E-state index in [-0.39, 0.29) is 49.1 Å². The Morgan fingerprint density at radius 2 is 1.73 bits per heavy atom. The molecule has 4 rings (SSSR count). The Morgan fingerprint density at radius 3 is 2.39 bits per heavy atom. The second kappa shape index (κ2) is 16.3. The minimum absolute atomic E-state index is 0.0654. The van der Waals surface area contributed by atoms with Gasteiger partial charge >= 0.3 is 24.0 Å². The molecule has 1 amide bonds. The van der Waals surface area contributed by atoms with Crippen LogP contribution in [0.4, 0.5) is 10.5 Å². The molecule has 0 saturated carbocycles. The van der Waals surface area contributed by atoms with Gasteiger partial charge in [0.2, 0.25) is 22.6 Å². The number of hydrogen-bond acceptors (Lipinski definition) is 14. The van der Waals surface area contributed by atoms with Crippen LogP contribution in [0.5, 0.6) is 0 Å². The number of nitrogens with zero attached hydrogens (tertiary/aromatic N) is 1. The zero-order valence-corrected chi connectivity index (χ0v) is 29.9. The number of carbonyl (C=O) groups excluding carboxylic acids is 4. The number of halogens is 2. The number of nitrogens with two attached hydrogens (primary N) is 1. The Kier molecular flexibility index (Phi) is 12.6. The highest BCUT2D eigenvalue weighted by atomic mass is 35.5. The molecule has 3 aromatic rings. The molecular weight excluding hydrogens is 737 g/mol. The van der Waals surface area contributed by atoms with Crippen LogP contribution in [0.1, 0.15) is 48.9 Å². The monoisotopic (exact) mass is 771 g/mol. The number of rotatable bonds is 12. The number of anilines is 1. The predicted octanol–water partition coefficient (Wildman–Crippen LogP) is 3.92. The maximum atomic E-state index is 13.1. The van der Waals surface area contributed by atoms with Crippen LogP contribution in [0, 0.1) is 0 Å². The van der Waals surface area contributed by atoms with Gasteiger partial charge in [-0.3, -0.25) is 4.90 Å². The summed E-state index contributed by atoms with van der Waals surface area (Å²) in [7, 11) is -4.29. The molecule has 0 bridgehead atoms. The first kappa shape index (κ1) is 39.4. The average molecular weight is 773 g/mol. The summed E-state index contributed by atoms with van der Waals surface area (Å²) in [4.78, 5) is 50.9. The van der Waals surface area contributed by atoms with Crippen molar-refractivity contribution in [1.29, 1.82) is 0 Å². The van der Waals surface area contributed by atoms with E-state index in [1.54, 1.807) is 51.1 Å². The highest BCUT2D eigenvalue weighted by Crippen LogP contribution is 2.40. The number of nitrogens with one attached hydrogen (secondary N) is 1. The number of ether oxygens (including phenoxy) is 5. The summed E-state index contributed by atoms with van der Waals surface area (Å²) in [6, 6.07) is 10.8. The molecule has 4 N–H and O–H groups in total. The van der Waals surface area contributed by atoms with E-state index in [0.29, 0.717) is 16.3 Å². The lowest BCUT2D eigenvalue weighted by Gasteiger charge is -2.52. The summed E-state index contributed by atoms with van der Waals surface area (Å²) < 4.78 is 54.8. The fraction of sp³-hybridized carbons (Fsp3) is 0.375. The number of aliphatic hydroxyl groups is 1. The van der Waals surface area contributed by atoms with Gasteiger partial charge in [0.05, 0.1) is 60.5 Å². The number of benzene rings is 2. The summed E-state index contributed by atoms with van der Waals surface area (Å²) in [6.07, 6.45) is 0.420. The molecule has 2 aromatic carbocycles. The third-order valence-corrected chi connectivity index (χ3v) is 9.22. The molecule has 0 unspecified atom stereocenters. The number of carbonyl (C=O) groups is 4. The molecular formula is C32H35Cl2N3O13S. The van der Waals surface area contributed by atoms with Crippen molar-refractivity contribution in [2.24, 2.45) is 5.14 Å². The van der Waals surface area contributed by atoms with Gasteiger partial charge in [-0.25, -0.2) is 32.7 Å². The van der Waals surface area contributed by atoms with Crippen molar-refractivity contribution in [2.75, 3.05) is 31.9 Å². The number of furan rings is 1.